The van der Waals surface area contributed by atoms with E-state index in [9.17, 15) is 0 Å². The van der Waals surface area contributed by atoms with Crippen molar-refractivity contribution >= 4 is 0 Å². The van der Waals surface area contributed by atoms with Gasteiger partial charge in [0.2, 0.25) is 0 Å². The molecule has 0 aromatic carbocycles. The molecule has 1 aromatic heterocycles. The van der Waals surface area contributed by atoms with Crippen LogP contribution in [0.3, 0.4) is 0 Å². The number of aromatic nitrogens is 1. The standard InChI is InChI=1S/C16H27N3/c1-4-13-5-7-14(8-6-13)16(19-17)15-9-11(2)18-12(3)10-15/h9-10,13-14,16,19H,4-8,17H2,1-3H3. The summed E-state index contributed by atoms with van der Waals surface area (Å²) in [5, 5.41) is 0. The van der Waals surface area contributed by atoms with Gasteiger partial charge in [0.05, 0.1) is 0 Å². The second-order valence-electron chi connectivity index (χ2n) is 6.02. The maximum atomic E-state index is 5.83. The monoisotopic (exact) mass is 261 g/mol. The van der Waals surface area contributed by atoms with Crippen LogP contribution in [0.5, 0.6) is 0 Å². The minimum absolute atomic E-state index is 0.276. The molecule has 1 fully saturated rings. The summed E-state index contributed by atoms with van der Waals surface area (Å²) in [6.07, 6.45) is 6.59. The van der Waals surface area contributed by atoms with E-state index in [0.29, 0.717) is 5.92 Å². The van der Waals surface area contributed by atoms with E-state index in [4.69, 9.17) is 5.84 Å². The Bertz CT molecular complexity index is 388. The molecule has 0 bridgehead atoms. The van der Waals surface area contributed by atoms with Gasteiger partial charge in [-0.25, -0.2) is 0 Å². The SMILES string of the molecule is CCC1CCC(C(NN)c2cc(C)nc(C)c2)CC1. The Labute approximate surface area is 117 Å². The van der Waals surface area contributed by atoms with Gasteiger partial charge in [0.25, 0.3) is 0 Å². The normalized spacial score (nSPS) is 25.3. The number of hydrogen-bond acceptors (Lipinski definition) is 3. The van der Waals surface area contributed by atoms with E-state index >= 15 is 0 Å². The zero-order valence-electron chi connectivity index (χ0n) is 12.4. The number of rotatable bonds is 4. The molecule has 1 aliphatic rings. The minimum atomic E-state index is 0.276. The first-order valence-corrected chi connectivity index (χ1v) is 7.55. The maximum Gasteiger partial charge on any atom is 0.0489 e. The largest absolute Gasteiger partial charge is 0.271 e. The van der Waals surface area contributed by atoms with Crippen LogP contribution in [0.25, 0.3) is 0 Å². The second kappa shape index (κ2) is 6.49. The van der Waals surface area contributed by atoms with E-state index < -0.39 is 0 Å². The van der Waals surface area contributed by atoms with Crippen LogP contribution in [0.2, 0.25) is 0 Å². The first-order chi connectivity index (χ1) is 9.13. The number of nitrogens with two attached hydrogens (primary N) is 1. The molecule has 0 aliphatic heterocycles. The van der Waals surface area contributed by atoms with Crippen LogP contribution in [-0.4, -0.2) is 4.98 Å². The van der Waals surface area contributed by atoms with E-state index in [2.05, 4.69) is 43.3 Å². The highest BCUT2D eigenvalue weighted by molar-refractivity contribution is 5.24. The number of nitrogens with zero attached hydrogens (tertiary/aromatic N) is 1. The Morgan fingerprint density at radius 1 is 1.21 bits per heavy atom. The molecular formula is C16H27N3. The molecule has 19 heavy (non-hydrogen) atoms. The van der Waals surface area contributed by atoms with Crippen LogP contribution in [0.4, 0.5) is 0 Å². The van der Waals surface area contributed by atoms with E-state index in [1.807, 2.05) is 0 Å². The van der Waals surface area contributed by atoms with Gasteiger partial charge in [-0.15, -0.1) is 0 Å². The third kappa shape index (κ3) is 3.54. The minimum Gasteiger partial charge on any atom is -0.271 e. The summed E-state index contributed by atoms with van der Waals surface area (Å²) in [6, 6.07) is 4.62. The van der Waals surface area contributed by atoms with E-state index in [-0.39, 0.29) is 6.04 Å². The Kier molecular flexibility index (Phi) is 4.94. The lowest BCUT2D eigenvalue weighted by Crippen LogP contribution is -2.35. The van der Waals surface area contributed by atoms with Crippen molar-refractivity contribution in [1.29, 1.82) is 0 Å². The lowest BCUT2D eigenvalue weighted by Gasteiger charge is -2.33. The molecule has 1 aromatic rings. The summed E-state index contributed by atoms with van der Waals surface area (Å²) >= 11 is 0. The number of pyridine rings is 1. The van der Waals surface area contributed by atoms with Gasteiger partial charge in [-0.1, -0.05) is 26.2 Å². The van der Waals surface area contributed by atoms with E-state index in [1.165, 1.54) is 37.7 Å². The van der Waals surface area contributed by atoms with Gasteiger partial charge < -0.3 is 0 Å². The molecule has 1 atom stereocenters. The van der Waals surface area contributed by atoms with Crippen molar-refractivity contribution in [2.75, 3.05) is 0 Å². The van der Waals surface area contributed by atoms with Gasteiger partial charge in [0, 0.05) is 17.4 Å². The van der Waals surface area contributed by atoms with Crippen LogP contribution in [-0.2, 0) is 0 Å². The Balaban J connectivity index is 2.11. The number of nitrogens with one attached hydrogen (secondary N) is 1. The third-order valence-electron chi connectivity index (χ3n) is 4.58. The van der Waals surface area contributed by atoms with Crippen molar-refractivity contribution < 1.29 is 0 Å². The molecule has 2 rings (SSSR count). The van der Waals surface area contributed by atoms with E-state index in [1.54, 1.807) is 0 Å². The molecule has 106 valence electrons. The summed E-state index contributed by atoms with van der Waals surface area (Å²) in [6.45, 7) is 6.41. The molecule has 0 spiro atoms. The lowest BCUT2D eigenvalue weighted by atomic mass is 9.76. The van der Waals surface area contributed by atoms with Crippen molar-refractivity contribution in [3.05, 3.63) is 29.1 Å². The lowest BCUT2D eigenvalue weighted by molar-refractivity contribution is 0.219. The van der Waals surface area contributed by atoms with Crippen molar-refractivity contribution in [2.24, 2.45) is 17.7 Å². The molecule has 3 nitrogen and oxygen atoms in total. The average molecular weight is 261 g/mol. The quantitative estimate of drug-likeness (QED) is 0.645. The summed E-state index contributed by atoms with van der Waals surface area (Å²) in [4.78, 5) is 4.45. The predicted octanol–water partition coefficient (Wildman–Crippen LogP) is 3.42. The highest BCUT2D eigenvalue weighted by Crippen LogP contribution is 2.37. The van der Waals surface area contributed by atoms with Gasteiger partial charge >= 0.3 is 0 Å². The van der Waals surface area contributed by atoms with Crippen molar-refractivity contribution in [1.82, 2.24) is 10.4 Å². The van der Waals surface area contributed by atoms with Gasteiger partial charge in [-0.2, -0.15) is 0 Å². The first kappa shape index (κ1) is 14.5. The maximum absolute atomic E-state index is 5.83. The Morgan fingerprint density at radius 2 is 1.79 bits per heavy atom. The molecule has 1 heterocycles. The molecule has 3 heteroatoms. The van der Waals surface area contributed by atoms with Gasteiger partial charge in [-0.05, 0) is 56.2 Å². The zero-order chi connectivity index (χ0) is 13.8. The molecule has 1 saturated carbocycles. The number of hydrazine groups is 1. The molecule has 0 amide bonds. The fourth-order valence-electron chi connectivity index (χ4n) is 3.48. The first-order valence-electron chi connectivity index (χ1n) is 7.55. The van der Waals surface area contributed by atoms with Crippen LogP contribution < -0.4 is 11.3 Å². The Morgan fingerprint density at radius 3 is 2.26 bits per heavy atom. The Hall–Kier alpha value is -0.930. The fraction of sp³-hybridized carbons (Fsp3) is 0.688. The molecule has 3 N–H and O–H groups in total. The second-order valence-corrected chi connectivity index (χ2v) is 6.02. The van der Waals surface area contributed by atoms with Crippen LogP contribution in [0.1, 0.15) is 62.0 Å². The number of hydrogen-bond donors (Lipinski definition) is 2. The topological polar surface area (TPSA) is 50.9 Å². The zero-order valence-corrected chi connectivity index (χ0v) is 12.4. The van der Waals surface area contributed by atoms with Crippen LogP contribution >= 0.6 is 0 Å². The van der Waals surface area contributed by atoms with Crippen LogP contribution in [0, 0.1) is 25.7 Å². The van der Waals surface area contributed by atoms with Crippen molar-refractivity contribution in [3.63, 3.8) is 0 Å². The van der Waals surface area contributed by atoms with Gasteiger partial charge in [0.15, 0.2) is 0 Å². The highest BCUT2D eigenvalue weighted by atomic mass is 15.2. The van der Waals surface area contributed by atoms with Gasteiger partial charge in [0.1, 0.15) is 0 Å². The van der Waals surface area contributed by atoms with Gasteiger partial charge in [-0.3, -0.25) is 16.3 Å². The van der Waals surface area contributed by atoms with E-state index in [0.717, 1.165) is 17.3 Å². The third-order valence-corrected chi connectivity index (χ3v) is 4.58. The fourth-order valence-corrected chi connectivity index (χ4v) is 3.48. The molecule has 0 radical (unpaired) electrons. The predicted molar refractivity (Wildman–Crippen MR) is 79.5 cm³/mol. The van der Waals surface area contributed by atoms with Crippen molar-refractivity contribution in [3.8, 4) is 0 Å². The van der Waals surface area contributed by atoms with Crippen molar-refractivity contribution in [2.45, 2.75) is 58.9 Å². The average Bonchev–Trinajstić information content (AvgIpc) is 2.39. The smallest absolute Gasteiger partial charge is 0.0489 e. The molecular weight excluding hydrogens is 234 g/mol. The number of aryl methyl sites for hydroxylation is 2. The highest BCUT2D eigenvalue weighted by Gasteiger charge is 2.27. The molecule has 0 saturated heterocycles. The molecule has 1 unspecified atom stereocenters. The summed E-state index contributed by atoms with van der Waals surface area (Å²) in [5.74, 6) is 7.42. The summed E-state index contributed by atoms with van der Waals surface area (Å²) in [7, 11) is 0. The van der Waals surface area contributed by atoms with Crippen LogP contribution in [0.15, 0.2) is 12.1 Å². The summed E-state index contributed by atoms with van der Waals surface area (Å²) in [5.41, 5.74) is 6.51. The molecule has 1 aliphatic carbocycles. The summed E-state index contributed by atoms with van der Waals surface area (Å²) < 4.78 is 0.